The number of hydrogen-bond acceptors (Lipinski definition) is 13. The quantitative estimate of drug-likeness (QED) is 0.0644. The van der Waals surface area contributed by atoms with Crippen LogP contribution in [0.15, 0.2) is 115 Å². The topological polar surface area (TPSA) is 164 Å². The van der Waals surface area contributed by atoms with Gasteiger partial charge in [-0.25, -0.2) is 0 Å². The predicted octanol–water partition coefficient (Wildman–Crippen LogP) is 12.2. The van der Waals surface area contributed by atoms with E-state index < -0.39 is 41.0 Å². The Bertz CT molecular complexity index is 3520. The zero-order chi connectivity index (χ0) is 55.6. The first-order chi connectivity index (χ1) is 39.4. The summed E-state index contributed by atoms with van der Waals surface area (Å²) < 4.78 is 26.4. The molecule has 418 valence electrons. The fourth-order valence-electron chi connectivity index (χ4n) is 16.1. The van der Waals surface area contributed by atoms with Crippen molar-refractivity contribution in [3.8, 4) is 51.7 Å². The molecule has 11 bridgehead atoms. The van der Waals surface area contributed by atoms with E-state index in [1.165, 1.54) is 14.0 Å². The van der Waals surface area contributed by atoms with Gasteiger partial charge in [0.2, 0.25) is 0 Å². The minimum Gasteiger partial charge on any atom is -0.508 e. The third-order valence-electron chi connectivity index (χ3n) is 19.3. The molecule has 5 aliphatic carbocycles. The van der Waals surface area contributed by atoms with Gasteiger partial charge in [0.25, 0.3) is 0 Å². The minimum absolute atomic E-state index is 0.0134. The number of carbonyl (C=O) groups is 2. The number of hydrogen-bond donors (Lipinski definition) is 5. The molecule has 6 aromatic rings. The van der Waals surface area contributed by atoms with Crippen LogP contribution in [0.3, 0.4) is 0 Å². The number of benzene rings is 6. The van der Waals surface area contributed by atoms with E-state index in [9.17, 15) is 25.2 Å². The number of allylic oxidation sites excluding steroid dienone is 1. The van der Waals surface area contributed by atoms with Crippen LogP contribution in [0.25, 0.3) is 28.0 Å². The first-order valence-electron chi connectivity index (χ1n) is 28.9. The van der Waals surface area contributed by atoms with Gasteiger partial charge < -0.3 is 44.7 Å². The van der Waals surface area contributed by atoms with Gasteiger partial charge in [-0.3, -0.25) is 9.59 Å². The highest BCUT2D eigenvalue weighted by Gasteiger charge is 2.66. The largest absolute Gasteiger partial charge is 0.508 e. The summed E-state index contributed by atoms with van der Waals surface area (Å²) in [5, 5.41) is 52.9. The molecule has 6 aromatic carbocycles. The van der Waals surface area contributed by atoms with E-state index in [4.69, 9.17) is 18.9 Å². The van der Waals surface area contributed by atoms with E-state index in [-0.39, 0.29) is 65.1 Å². The molecule has 81 heavy (non-hydrogen) atoms. The summed E-state index contributed by atoms with van der Waals surface area (Å²) in [5.74, 6) is 6.98. The monoisotopic (exact) mass is 1120 g/mol. The number of phenols is 3. The smallest absolute Gasteiger partial charge is 0.316 e. The maximum absolute atomic E-state index is 16.6. The molecule has 0 radical (unpaired) electrons. The molecule has 12 atom stereocenters. The van der Waals surface area contributed by atoms with Gasteiger partial charge in [-0.05, 0) is 184 Å². The van der Waals surface area contributed by atoms with E-state index in [1.807, 2.05) is 60.7 Å². The van der Waals surface area contributed by atoms with Crippen molar-refractivity contribution in [3.63, 3.8) is 0 Å². The second-order valence-electron chi connectivity index (χ2n) is 23.9. The number of methoxy groups -OCH3 is 1. The number of phenolic OH excluding ortho intramolecular Hbond substituents is 3. The highest BCUT2D eigenvalue weighted by molar-refractivity contribution is 8.76. The molecule has 0 saturated heterocycles. The Morgan fingerprint density at radius 1 is 0.864 bits per heavy atom. The van der Waals surface area contributed by atoms with Crippen LogP contribution in [0.1, 0.15) is 103 Å². The number of aliphatic hydroxyl groups excluding tert-OH is 1. The fraction of sp³-hybridized carbons (Fsp3) is 0.412. The molecule has 13 heteroatoms. The van der Waals surface area contributed by atoms with Crippen molar-refractivity contribution in [2.75, 3.05) is 31.8 Å². The van der Waals surface area contributed by atoms with Crippen LogP contribution in [0.2, 0.25) is 0 Å². The zero-order valence-corrected chi connectivity index (χ0v) is 47.4. The van der Waals surface area contributed by atoms with Crippen LogP contribution in [0, 0.1) is 46.8 Å². The number of fused-ring (bicyclic) bond motifs is 10. The van der Waals surface area contributed by atoms with Crippen molar-refractivity contribution in [3.05, 3.63) is 154 Å². The number of nitrogens with one attached hydrogen (secondary N) is 1. The Morgan fingerprint density at radius 3 is 2.58 bits per heavy atom. The molecule has 2 aliphatic heterocycles. The average Bonchev–Trinajstić information content (AvgIpc) is 3.64. The van der Waals surface area contributed by atoms with E-state index >= 15 is 4.79 Å². The Labute approximate surface area is 481 Å². The first-order valence-corrected chi connectivity index (χ1v) is 31.4. The highest BCUT2D eigenvalue weighted by atomic mass is 33.1. The van der Waals surface area contributed by atoms with E-state index in [0.29, 0.717) is 81.9 Å². The van der Waals surface area contributed by atoms with Gasteiger partial charge in [0.05, 0.1) is 25.2 Å². The lowest BCUT2D eigenvalue weighted by atomic mass is 9.40. The van der Waals surface area contributed by atoms with E-state index in [1.54, 1.807) is 27.7 Å². The van der Waals surface area contributed by atoms with Gasteiger partial charge in [-0.15, -0.1) is 5.92 Å². The maximum atomic E-state index is 16.6. The van der Waals surface area contributed by atoms with Gasteiger partial charge in [0.15, 0.2) is 23.0 Å². The van der Waals surface area contributed by atoms with Gasteiger partial charge in [-0.2, -0.15) is 0 Å². The summed E-state index contributed by atoms with van der Waals surface area (Å²) in [6, 6.07) is 36.0. The number of carbonyl (C=O) groups excluding carboxylic acids is 2. The number of aliphatic hydroxyl groups is 1. The predicted molar refractivity (Wildman–Crippen MR) is 317 cm³/mol. The molecule has 2 heterocycles. The first kappa shape index (κ1) is 53.7. The lowest BCUT2D eigenvalue weighted by Crippen LogP contribution is -2.62. The molecule has 3 fully saturated rings. The highest BCUT2D eigenvalue weighted by Crippen LogP contribution is 2.70. The van der Waals surface area contributed by atoms with Crippen molar-refractivity contribution in [1.29, 1.82) is 0 Å². The van der Waals surface area contributed by atoms with Crippen LogP contribution < -0.4 is 14.8 Å². The molecule has 0 aromatic heterocycles. The molecular weight excluding hydrogens is 1050 g/mol. The average molecular weight is 1120 g/mol. The number of aromatic hydroxyl groups is 3. The van der Waals surface area contributed by atoms with Crippen molar-refractivity contribution in [2.45, 2.75) is 107 Å². The van der Waals surface area contributed by atoms with Gasteiger partial charge in [0.1, 0.15) is 18.0 Å². The second kappa shape index (κ2) is 22.0. The summed E-state index contributed by atoms with van der Waals surface area (Å²) in [4.78, 5) is 30.5. The zero-order valence-electron chi connectivity index (χ0n) is 45.8. The number of esters is 2. The second-order valence-corrected chi connectivity index (χ2v) is 26.5. The molecule has 11 nitrogen and oxygen atoms in total. The normalized spacial score (nSPS) is 30.5. The van der Waals surface area contributed by atoms with Gasteiger partial charge in [0, 0.05) is 61.6 Å². The summed E-state index contributed by atoms with van der Waals surface area (Å²) in [5.41, 5.74) is 6.57. The standard InChI is InChI=1S/C68H69NO10S2/c1-39(70)78-62-31-50-30-55-53-33-64(60(73)26-46(53)24-56-59(72)34-57-54-32-61(74)63(76-2)27-47(54)25-58(62)68(57,65(55)56)17-16-40-9-4-3-5-10-40)77-19-20-80-81-38-43-21-41-11-6-7-18-69-37-42-12-8-13-44(22-42)52-29-49(71)23-45-14-15-48(28-51(45)52)67(35-41,36-43)66(75)79-50/h3-5,8-10,12-17,22-23,26-29,32-33,41,43,50,55-59,62,65,69,71-74H,7,18-21,24-25,30-31,34-38H2,1-2H3/b17-16+/t41-,43-,50-,55+,56-,57+,58+,59+,62+,65-,67+,68+/m0/s1. The summed E-state index contributed by atoms with van der Waals surface area (Å²) in [6.07, 6.45) is 6.39. The molecule has 13 rings (SSSR count). The Morgan fingerprint density at radius 2 is 1.73 bits per heavy atom. The summed E-state index contributed by atoms with van der Waals surface area (Å²) in [6.45, 7) is 3.18. The van der Waals surface area contributed by atoms with Gasteiger partial charge in [-0.1, -0.05) is 100 Å². The van der Waals surface area contributed by atoms with Crippen LogP contribution in [0.4, 0.5) is 0 Å². The Kier molecular flexibility index (Phi) is 14.6. The van der Waals surface area contributed by atoms with Crippen molar-refractivity contribution in [2.24, 2.45) is 35.0 Å². The van der Waals surface area contributed by atoms with Crippen molar-refractivity contribution in [1.82, 2.24) is 5.32 Å². The lowest BCUT2D eigenvalue weighted by Gasteiger charge is -2.64. The van der Waals surface area contributed by atoms with Crippen molar-refractivity contribution >= 4 is 50.4 Å². The molecule has 0 amide bonds. The summed E-state index contributed by atoms with van der Waals surface area (Å²) >= 11 is 0. The van der Waals surface area contributed by atoms with Crippen molar-refractivity contribution < 1.29 is 49.0 Å². The van der Waals surface area contributed by atoms with Crippen LogP contribution >= 0.6 is 21.6 Å². The number of rotatable bonds is 4. The molecule has 3 saturated carbocycles. The van der Waals surface area contributed by atoms with Crippen LogP contribution in [-0.2, 0) is 43.9 Å². The molecule has 7 aliphatic rings. The molecule has 5 N–H and O–H groups in total. The lowest BCUT2D eigenvalue weighted by molar-refractivity contribution is -0.179. The van der Waals surface area contributed by atoms with Crippen LogP contribution in [-0.4, -0.2) is 82.4 Å². The van der Waals surface area contributed by atoms with E-state index in [0.717, 1.165) is 73.0 Å². The fourth-order valence-corrected chi connectivity index (χ4v) is 18.4. The minimum atomic E-state index is -1.16. The van der Waals surface area contributed by atoms with Crippen LogP contribution in [0.5, 0.6) is 28.7 Å². The Balaban J connectivity index is 1.03. The maximum Gasteiger partial charge on any atom is 0.316 e. The van der Waals surface area contributed by atoms with E-state index in [2.05, 4.69) is 71.8 Å². The van der Waals surface area contributed by atoms with Gasteiger partial charge >= 0.3 is 11.9 Å². The third-order valence-corrected chi connectivity index (χ3v) is 21.8. The molecular formula is C68H69NO10S2. The third kappa shape index (κ3) is 9.91. The Hall–Kier alpha value is -6.56. The molecule has 1 spiro atoms. The SMILES string of the molecule is COc1cc2c(cc1O)[C@H]1C[C@@H](O)[C@@H]3Cc4cc(O)c5cc4[C@H]4C[C@@H](C[C@@H](OC(C)=O)[C@@H](C2)[C@]1(/C=C/c1ccccc1)[C@H]34)OC(=O)[C@@]12C[C@@H](C#CCCNCc3cccc(c3)-c3cc(O)cc4ccc1cc34)C[C@H](CSSCCO5)C2. The number of ether oxygens (including phenoxy) is 4. The molecule has 0 unspecified atom stereocenters. The summed E-state index contributed by atoms with van der Waals surface area (Å²) in [7, 11) is 5.03.